The third-order valence-corrected chi connectivity index (χ3v) is 4.25. The molecule has 27 heavy (non-hydrogen) atoms. The molecular weight excluding hydrogens is 353 g/mol. The van der Waals surface area contributed by atoms with Gasteiger partial charge in [-0.25, -0.2) is 9.18 Å². The first kappa shape index (κ1) is 21.2. The Kier molecular flexibility index (Phi) is 7.26. The van der Waals surface area contributed by atoms with Crippen LogP contribution in [0.25, 0.3) is 0 Å². The molecule has 0 saturated carbocycles. The molecule has 1 aromatic carbocycles. The highest BCUT2D eigenvalue weighted by Crippen LogP contribution is 2.20. The maximum atomic E-state index is 14.4. The van der Waals surface area contributed by atoms with Crippen LogP contribution in [-0.4, -0.2) is 55.8 Å². The van der Waals surface area contributed by atoms with E-state index in [1.54, 1.807) is 33.9 Å². The Hall–Kier alpha value is -2.06. The van der Waals surface area contributed by atoms with Crippen LogP contribution in [0.2, 0.25) is 0 Å². The van der Waals surface area contributed by atoms with Crippen molar-refractivity contribution < 1.29 is 23.5 Å². The summed E-state index contributed by atoms with van der Waals surface area (Å²) in [6.07, 6.45) is -0.763. The van der Waals surface area contributed by atoms with Crippen LogP contribution in [0.5, 0.6) is 5.75 Å². The fraction of sp³-hybridized carbons (Fsp3) is 0.632. The molecule has 7 nitrogen and oxygen atoms in total. The Bertz CT molecular complexity index is 636. The molecule has 3 N–H and O–H groups in total. The Labute approximate surface area is 159 Å². The summed E-state index contributed by atoms with van der Waals surface area (Å²) < 4.78 is 24.7. The second-order valence-electron chi connectivity index (χ2n) is 7.62. The van der Waals surface area contributed by atoms with Crippen molar-refractivity contribution in [2.24, 2.45) is 0 Å². The maximum Gasteiger partial charge on any atom is 0.528 e. The minimum Gasteiger partial charge on any atom is -0.497 e. The summed E-state index contributed by atoms with van der Waals surface area (Å²) in [5.74, 6) is 0.746. The molecule has 1 fully saturated rings. The molecule has 0 aromatic heterocycles. The minimum atomic E-state index is -1.15. The minimum absolute atomic E-state index is 0.0121. The largest absolute Gasteiger partial charge is 0.528 e. The predicted octanol–water partition coefficient (Wildman–Crippen LogP) is 2.69. The van der Waals surface area contributed by atoms with E-state index in [1.807, 2.05) is 12.1 Å². The van der Waals surface area contributed by atoms with Gasteiger partial charge in [-0.15, -0.1) is 5.06 Å². The van der Waals surface area contributed by atoms with Crippen LogP contribution in [-0.2, 0) is 16.0 Å². The van der Waals surface area contributed by atoms with Gasteiger partial charge in [0.2, 0.25) is 0 Å². The van der Waals surface area contributed by atoms with E-state index in [1.165, 1.54) is 5.06 Å². The zero-order chi connectivity index (χ0) is 20.0. The van der Waals surface area contributed by atoms with Crippen LogP contribution in [0.15, 0.2) is 18.2 Å². The summed E-state index contributed by atoms with van der Waals surface area (Å²) in [5, 5.41) is 4.54. The van der Waals surface area contributed by atoms with Gasteiger partial charge in [0.15, 0.2) is 0 Å². The summed E-state index contributed by atoms with van der Waals surface area (Å²) in [6.45, 7) is 6.29. The number of nitrogens with one attached hydrogen (secondary N) is 1. The molecule has 1 aromatic rings. The number of piperidine rings is 1. The van der Waals surface area contributed by atoms with Gasteiger partial charge >= 0.3 is 6.16 Å². The molecule has 2 rings (SSSR count). The van der Waals surface area contributed by atoms with E-state index < -0.39 is 17.9 Å². The van der Waals surface area contributed by atoms with Crippen LogP contribution < -0.4 is 15.8 Å². The second kappa shape index (κ2) is 9.23. The van der Waals surface area contributed by atoms with Crippen LogP contribution in [0, 0.1) is 0 Å². The van der Waals surface area contributed by atoms with E-state index in [2.05, 4.69) is 5.32 Å². The third-order valence-electron chi connectivity index (χ3n) is 4.25. The maximum absolute atomic E-state index is 14.4. The summed E-state index contributed by atoms with van der Waals surface area (Å²) in [7, 11) is 1.61. The zero-order valence-electron chi connectivity index (χ0n) is 16.5. The van der Waals surface area contributed by atoms with Crippen LogP contribution in [0.4, 0.5) is 14.9 Å². The number of nitrogens with two attached hydrogens (primary N) is 1. The van der Waals surface area contributed by atoms with E-state index in [-0.39, 0.29) is 12.6 Å². The number of hydroxylamine groups is 2. The molecule has 152 valence electrons. The molecule has 2 unspecified atom stereocenters. The summed E-state index contributed by atoms with van der Waals surface area (Å²) >= 11 is 0. The number of carbonyl (C=O) groups is 1. The monoisotopic (exact) mass is 383 g/mol. The van der Waals surface area contributed by atoms with Crippen molar-refractivity contribution in [3.63, 3.8) is 0 Å². The molecule has 8 heteroatoms. The Morgan fingerprint density at radius 2 is 2.15 bits per heavy atom. The zero-order valence-corrected chi connectivity index (χ0v) is 16.5. The number of halogens is 1. The molecule has 1 aliphatic heterocycles. The van der Waals surface area contributed by atoms with Crippen molar-refractivity contribution in [1.82, 2.24) is 10.4 Å². The molecule has 0 amide bonds. The topological polar surface area (TPSA) is 86.0 Å². The summed E-state index contributed by atoms with van der Waals surface area (Å²) in [5.41, 5.74) is 6.98. The van der Waals surface area contributed by atoms with E-state index in [9.17, 15) is 9.18 Å². The Balaban J connectivity index is 1.76. The number of alkyl halides is 1. The Morgan fingerprint density at radius 3 is 2.78 bits per heavy atom. The number of benzene rings is 1. The molecule has 0 radical (unpaired) electrons. The molecule has 1 heterocycles. The van der Waals surface area contributed by atoms with Gasteiger partial charge in [-0.05, 0) is 63.9 Å². The van der Waals surface area contributed by atoms with E-state index in [0.717, 1.165) is 11.3 Å². The molecular formula is C19H30FN3O4. The standard InChI is InChI=1S/C19H30FN3O4/c1-19(2,3)26-18(24)27-23-10-8-17(15(20)12-23)22-9-7-13-11-14(25-4)5-6-16(13)21/h5-6,11,15,17,22H,7-10,12,21H2,1-4H3. The number of hydrogen-bond acceptors (Lipinski definition) is 7. The van der Waals surface area contributed by atoms with Gasteiger partial charge in [-0.2, -0.15) is 0 Å². The van der Waals surface area contributed by atoms with Crippen molar-refractivity contribution in [2.45, 2.75) is 51.4 Å². The first-order valence-corrected chi connectivity index (χ1v) is 9.13. The summed E-state index contributed by atoms with van der Waals surface area (Å²) in [4.78, 5) is 16.8. The van der Waals surface area contributed by atoms with Crippen molar-refractivity contribution >= 4 is 11.8 Å². The number of rotatable bonds is 6. The highest BCUT2D eigenvalue weighted by Gasteiger charge is 2.31. The van der Waals surface area contributed by atoms with Crippen molar-refractivity contribution in [3.8, 4) is 5.75 Å². The SMILES string of the molecule is COc1ccc(N)c(CCNC2CCN(OC(=O)OC(C)(C)C)CC2F)c1. The van der Waals surface area contributed by atoms with Gasteiger partial charge in [0.05, 0.1) is 13.7 Å². The van der Waals surface area contributed by atoms with Gasteiger partial charge in [-0.3, -0.25) is 0 Å². The number of ether oxygens (including phenoxy) is 2. The lowest BCUT2D eigenvalue weighted by Gasteiger charge is -2.34. The second-order valence-corrected chi connectivity index (χ2v) is 7.62. The van der Waals surface area contributed by atoms with Crippen LogP contribution in [0.1, 0.15) is 32.8 Å². The number of nitrogen functional groups attached to an aromatic ring is 1. The smallest absolute Gasteiger partial charge is 0.497 e. The van der Waals surface area contributed by atoms with E-state index in [0.29, 0.717) is 31.6 Å². The molecule has 2 atom stereocenters. The van der Waals surface area contributed by atoms with Crippen molar-refractivity contribution in [1.29, 1.82) is 0 Å². The molecule has 0 spiro atoms. The summed E-state index contributed by atoms with van der Waals surface area (Å²) in [6, 6.07) is 5.21. The van der Waals surface area contributed by atoms with Crippen LogP contribution >= 0.6 is 0 Å². The number of methoxy groups -OCH3 is 1. The Morgan fingerprint density at radius 1 is 1.41 bits per heavy atom. The molecule has 0 bridgehead atoms. The van der Waals surface area contributed by atoms with E-state index in [4.69, 9.17) is 20.0 Å². The van der Waals surface area contributed by atoms with Gasteiger partial charge in [0, 0.05) is 18.3 Å². The first-order valence-electron chi connectivity index (χ1n) is 9.13. The lowest BCUT2D eigenvalue weighted by Crippen LogP contribution is -2.51. The number of carbonyl (C=O) groups excluding carboxylic acids is 1. The predicted molar refractivity (Wildman–Crippen MR) is 101 cm³/mol. The van der Waals surface area contributed by atoms with Crippen molar-refractivity contribution in [2.75, 3.05) is 32.5 Å². The van der Waals surface area contributed by atoms with Crippen LogP contribution in [0.3, 0.4) is 0 Å². The molecule has 1 saturated heterocycles. The van der Waals surface area contributed by atoms with Gasteiger partial charge in [-0.1, -0.05) is 0 Å². The average molecular weight is 383 g/mol. The number of anilines is 1. The fourth-order valence-electron chi connectivity index (χ4n) is 2.88. The molecule has 0 aliphatic carbocycles. The van der Waals surface area contributed by atoms with Gasteiger partial charge in [0.1, 0.15) is 17.5 Å². The lowest BCUT2D eigenvalue weighted by atomic mass is 10.0. The lowest BCUT2D eigenvalue weighted by molar-refractivity contribution is -0.164. The highest BCUT2D eigenvalue weighted by atomic mass is 19.1. The van der Waals surface area contributed by atoms with Gasteiger partial charge in [0.25, 0.3) is 0 Å². The fourth-order valence-corrected chi connectivity index (χ4v) is 2.88. The molecule has 1 aliphatic rings. The number of nitrogens with zero attached hydrogens (tertiary/aromatic N) is 1. The normalized spacial score (nSPS) is 20.9. The average Bonchev–Trinajstić information content (AvgIpc) is 2.56. The number of hydrogen-bond donors (Lipinski definition) is 2. The third kappa shape index (κ3) is 6.88. The van der Waals surface area contributed by atoms with E-state index >= 15 is 0 Å². The van der Waals surface area contributed by atoms with Crippen molar-refractivity contribution in [3.05, 3.63) is 23.8 Å². The van der Waals surface area contributed by atoms with Gasteiger partial charge < -0.3 is 25.4 Å². The highest BCUT2D eigenvalue weighted by molar-refractivity contribution is 5.60. The quantitative estimate of drug-likeness (QED) is 0.577. The first-order chi connectivity index (χ1) is 12.7.